The van der Waals surface area contributed by atoms with E-state index in [9.17, 15) is 13.2 Å². The normalized spacial score (nSPS) is 14.0. The van der Waals surface area contributed by atoms with Crippen molar-refractivity contribution in [2.75, 3.05) is 17.8 Å². The molecule has 2 N–H and O–H groups in total. The number of likely N-dealkylation sites (tertiary alicyclic amines) is 1. The van der Waals surface area contributed by atoms with E-state index in [0.717, 1.165) is 12.8 Å². The van der Waals surface area contributed by atoms with Crippen LogP contribution in [0.25, 0.3) is 0 Å². The summed E-state index contributed by atoms with van der Waals surface area (Å²) in [5.74, 6) is 0.656. The number of ether oxygens (including phenoxy) is 1. The highest BCUT2D eigenvalue weighted by Gasteiger charge is 2.24. The van der Waals surface area contributed by atoms with Crippen LogP contribution in [-0.4, -0.2) is 37.3 Å². The van der Waals surface area contributed by atoms with Gasteiger partial charge in [-0.2, -0.15) is 0 Å². The molecule has 0 spiro atoms. The lowest BCUT2D eigenvalue weighted by molar-refractivity contribution is 0.0787. The summed E-state index contributed by atoms with van der Waals surface area (Å²) < 4.78 is 34.1. The molecule has 0 radical (unpaired) electrons. The number of H-pyrrole nitrogens is 1. The van der Waals surface area contributed by atoms with Crippen molar-refractivity contribution in [2.24, 2.45) is 0 Å². The maximum Gasteiger partial charge on any atom is 0.270 e. The van der Waals surface area contributed by atoms with Crippen LogP contribution in [0.4, 0.5) is 5.69 Å². The van der Waals surface area contributed by atoms with Gasteiger partial charge in [0.25, 0.3) is 15.9 Å². The number of aromatic amines is 1. The minimum absolute atomic E-state index is 0.0457. The van der Waals surface area contributed by atoms with Gasteiger partial charge in [-0.05, 0) is 49.2 Å². The van der Waals surface area contributed by atoms with Crippen LogP contribution < -0.4 is 9.46 Å². The maximum atomic E-state index is 12.9. The zero-order valence-corrected chi connectivity index (χ0v) is 17.5. The van der Waals surface area contributed by atoms with Crippen molar-refractivity contribution >= 4 is 33.2 Å². The van der Waals surface area contributed by atoms with E-state index in [1.54, 1.807) is 29.2 Å². The number of sulfonamides is 1. The van der Waals surface area contributed by atoms with Gasteiger partial charge in [-0.15, -0.1) is 0 Å². The van der Waals surface area contributed by atoms with Crippen molar-refractivity contribution in [3.05, 3.63) is 71.5 Å². The average molecular weight is 446 g/mol. The van der Waals surface area contributed by atoms with Gasteiger partial charge in [0, 0.05) is 24.3 Å². The van der Waals surface area contributed by atoms with Gasteiger partial charge in [-0.3, -0.25) is 9.52 Å². The fourth-order valence-corrected chi connectivity index (χ4v) is 4.46. The number of amides is 1. The van der Waals surface area contributed by atoms with Crippen LogP contribution in [0.15, 0.2) is 65.7 Å². The Morgan fingerprint density at radius 1 is 1.07 bits per heavy atom. The van der Waals surface area contributed by atoms with Crippen LogP contribution in [0.5, 0.6) is 11.5 Å². The molecule has 0 bridgehead atoms. The average Bonchev–Trinajstić information content (AvgIpc) is 3.43. The van der Waals surface area contributed by atoms with E-state index in [0.29, 0.717) is 29.6 Å². The summed E-state index contributed by atoms with van der Waals surface area (Å²) in [7, 11) is -3.97. The first-order valence-electron chi connectivity index (χ1n) is 9.45. The fraction of sp³-hybridized carbons (Fsp3) is 0.190. The SMILES string of the molecule is O=C(c1cc(S(=O)(=O)Nc2cc(Cl)ccc2Oc2ccccc2)c[nH]1)N1CCCC1. The molecule has 4 rings (SSSR count). The Balaban J connectivity index is 1.58. The Kier molecular flexibility index (Phi) is 5.69. The molecule has 1 saturated heterocycles. The summed E-state index contributed by atoms with van der Waals surface area (Å²) in [6.07, 6.45) is 3.21. The highest BCUT2D eigenvalue weighted by molar-refractivity contribution is 7.92. The minimum Gasteiger partial charge on any atom is -0.455 e. The quantitative estimate of drug-likeness (QED) is 0.584. The zero-order valence-electron chi connectivity index (χ0n) is 16.0. The molecule has 156 valence electrons. The Labute approximate surface area is 179 Å². The molecule has 0 saturated carbocycles. The molecule has 0 unspecified atom stereocenters. The Hall–Kier alpha value is -2.97. The molecule has 1 fully saturated rings. The van der Waals surface area contributed by atoms with Crippen LogP contribution in [0.3, 0.4) is 0 Å². The molecule has 30 heavy (non-hydrogen) atoms. The molecule has 1 aliphatic heterocycles. The highest BCUT2D eigenvalue weighted by Crippen LogP contribution is 2.33. The van der Waals surface area contributed by atoms with Gasteiger partial charge in [0.15, 0.2) is 5.75 Å². The van der Waals surface area contributed by atoms with Crippen molar-refractivity contribution in [1.29, 1.82) is 0 Å². The van der Waals surface area contributed by atoms with Gasteiger partial charge in [0.2, 0.25) is 0 Å². The van der Waals surface area contributed by atoms with Crippen molar-refractivity contribution in [2.45, 2.75) is 17.7 Å². The minimum atomic E-state index is -3.97. The Bertz CT molecular complexity index is 1160. The van der Waals surface area contributed by atoms with Gasteiger partial charge < -0.3 is 14.6 Å². The summed E-state index contributed by atoms with van der Waals surface area (Å²) in [5, 5.41) is 0.354. The largest absolute Gasteiger partial charge is 0.455 e. The molecule has 0 atom stereocenters. The summed E-state index contributed by atoms with van der Waals surface area (Å²) in [6.45, 7) is 1.36. The smallest absolute Gasteiger partial charge is 0.270 e. The third-order valence-electron chi connectivity index (χ3n) is 4.75. The molecule has 9 heteroatoms. The predicted molar refractivity (Wildman–Crippen MR) is 115 cm³/mol. The van der Waals surface area contributed by atoms with E-state index in [2.05, 4.69) is 9.71 Å². The molecule has 3 aromatic rings. The molecule has 2 aromatic carbocycles. The van der Waals surface area contributed by atoms with Crippen LogP contribution in [0.1, 0.15) is 23.3 Å². The molecule has 1 amide bonds. The number of carbonyl (C=O) groups excluding carboxylic acids is 1. The molecule has 2 heterocycles. The third kappa shape index (κ3) is 4.44. The Morgan fingerprint density at radius 2 is 1.80 bits per heavy atom. The van der Waals surface area contributed by atoms with Crippen LogP contribution >= 0.6 is 11.6 Å². The number of aromatic nitrogens is 1. The second-order valence-electron chi connectivity index (χ2n) is 6.91. The van der Waals surface area contributed by atoms with E-state index in [-0.39, 0.29) is 22.2 Å². The lowest BCUT2D eigenvalue weighted by atomic mass is 10.3. The van der Waals surface area contributed by atoms with E-state index < -0.39 is 10.0 Å². The topological polar surface area (TPSA) is 91.5 Å². The molecule has 1 aliphatic rings. The fourth-order valence-electron chi connectivity index (χ4n) is 3.23. The van der Waals surface area contributed by atoms with Crippen molar-refractivity contribution in [3.8, 4) is 11.5 Å². The second kappa shape index (κ2) is 8.41. The van der Waals surface area contributed by atoms with Crippen molar-refractivity contribution in [1.82, 2.24) is 9.88 Å². The van der Waals surface area contributed by atoms with Gasteiger partial charge >= 0.3 is 0 Å². The van der Waals surface area contributed by atoms with Crippen LogP contribution in [0.2, 0.25) is 5.02 Å². The van der Waals surface area contributed by atoms with Gasteiger partial charge in [-0.1, -0.05) is 29.8 Å². The first kappa shape index (κ1) is 20.3. The number of nitrogens with one attached hydrogen (secondary N) is 2. The molecule has 1 aromatic heterocycles. The number of carbonyl (C=O) groups is 1. The summed E-state index contributed by atoms with van der Waals surface area (Å²) in [5.41, 5.74) is 0.434. The van der Waals surface area contributed by atoms with E-state index in [4.69, 9.17) is 16.3 Å². The monoisotopic (exact) mass is 445 g/mol. The Morgan fingerprint density at radius 3 is 2.53 bits per heavy atom. The number of para-hydroxylation sites is 1. The number of nitrogens with zero attached hydrogens (tertiary/aromatic N) is 1. The number of hydrogen-bond acceptors (Lipinski definition) is 4. The van der Waals surface area contributed by atoms with E-state index >= 15 is 0 Å². The van der Waals surface area contributed by atoms with Crippen molar-refractivity contribution in [3.63, 3.8) is 0 Å². The summed E-state index contributed by atoms with van der Waals surface area (Å²) >= 11 is 6.07. The first-order valence-corrected chi connectivity index (χ1v) is 11.3. The molecular formula is C21H20ClN3O4S. The van der Waals surface area contributed by atoms with E-state index in [1.165, 1.54) is 18.3 Å². The molecule has 0 aliphatic carbocycles. The number of rotatable bonds is 6. The van der Waals surface area contributed by atoms with Crippen LogP contribution in [0, 0.1) is 0 Å². The van der Waals surface area contributed by atoms with Gasteiger partial charge in [0.05, 0.1) is 5.69 Å². The van der Waals surface area contributed by atoms with Crippen molar-refractivity contribution < 1.29 is 17.9 Å². The summed E-state index contributed by atoms with van der Waals surface area (Å²) in [6, 6.07) is 15.0. The third-order valence-corrected chi connectivity index (χ3v) is 6.33. The lowest BCUT2D eigenvalue weighted by Gasteiger charge is -2.14. The highest BCUT2D eigenvalue weighted by atomic mass is 35.5. The zero-order chi connectivity index (χ0) is 21.1. The van der Waals surface area contributed by atoms with E-state index in [1.807, 2.05) is 18.2 Å². The number of benzene rings is 2. The number of halogens is 1. The molecular weight excluding hydrogens is 426 g/mol. The number of anilines is 1. The van der Waals surface area contributed by atoms with Gasteiger partial charge in [0.1, 0.15) is 16.3 Å². The summed E-state index contributed by atoms with van der Waals surface area (Å²) in [4.78, 5) is 16.9. The van der Waals surface area contributed by atoms with Gasteiger partial charge in [-0.25, -0.2) is 8.42 Å². The molecule has 7 nitrogen and oxygen atoms in total. The standard InChI is InChI=1S/C21H20ClN3O4S/c22-15-8-9-20(29-16-6-2-1-3-7-16)18(12-15)24-30(27,28)17-13-19(23-14-17)21(26)25-10-4-5-11-25/h1-3,6-9,12-14,23-24H,4-5,10-11H2. The van der Waals surface area contributed by atoms with Crippen LogP contribution in [-0.2, 0) is 10.0 Å². The second-order valence-corrected chi connectivity index (χ2v) is 9.03. The number of hydrogen-bond donors (Lipinski definition) is 2. The maximum absolute atomic E-state index is 12.9. The lowest BCUT2D eigenvalue weighted by Crippen LogP contribution is -2.27. The first-order chi connectivity index (χ1) is 14.4. The predicted octanol–water partition coefficient (Wildman–Crippen LogP) is 4.50.